The number of anilines is 2. The zero-order valence-corrected chi connectivity index (χ0v) is 17.1. The molecule has 3 aliphatic heterocycles. The molecule has 3 fully saturated rings. The van der Waals surface area contributed by atoms with Gasteiger partial charge in [0, 0.05) is 36.9 Å². The fourth-order valence-corrected chi connectivity index (χ4v) is 4.84. The maximum atomic E-state index is 11.9. The van der Waals surface area contributed by atoms with E-state index in [1.54, 1.807) is 0 Å². The fourth-order valence-electron chi connectivity index (χ4n) is 4.84. The number of rotatable bonds is 5. The Morgan fingerprint density at radius 3 is 2.28 bits per heavy atom. The molecular weight excluding hydrogens is 366 g/mol. The highest BCUT2D eigenvalue weighted by Crippen LogP contribution is 2.27. The number of nitrogens with zero attached hydrogens (tertiary/aromatic N) is 2. The Balaban J connectivity index is 1.26. The average Bonchev–Trinajstić information content (AvgIpc) is 2.76. The smallest absolute Gasteiger partial charge is 0.249 e. The average molecular weight is 400 g/mol. The van der Waals surface area contributed by atoms with Crippen LogP contribution >= 0.6 is 0 Å². The van der Waals surface area contributed by atoms with Crippen molar-refractivity contribution in [3.63, 3.8) is 0 Å². The van der Waals surface area contributed by atoms with Crippen LogP contribution in [0.25, 0.3) is 0 Å². The van der Waals surface area contributed by atoms with Crippen LogP contribution in [0.1, 0.15) is 38.5 Å². The highest BCUT2D eigenvalue weighted by atomic mass is 16.2. The summed E-state index contributed by atoms with van der Waals surface area (Å²) < 4.78 is 0. The van der Waals surface area contributed by atoms with Crippen LogP contribution in [0.5, 0.6) is 0 Å². The molecule has 1 atom stereocenters. The summed E-state index contributed by atoms with van der Waals surface area (Å²) in [5.74, 6) is 0.303. The lowest BCUT2D eigenvalue weighted by molar-refractivity contribution is -0.133. The van der Waals surface area contributed by atoms with E-state index < -0.39 is 0 Å². The molecule has 4 N–H and O–H groups in total. The summed E-state index contributed by atoms with van der Waals surface area (Å²) in [4.78, 5) is 28.3. The van der Waals surface area contributed by atoms with Gasteiger partial charge < -0.3 is 20.9 Å². The van der Waals surface area contributed by atoms with Crippen molar-refractivity contribution in [2.45, 2.75) is 50.6 Å². The van der Waals surface area contributed by atoms with Crippen molar-refractivity contribution >= 4 is 23.2 Å². The summed E-state index contributed by atoms with van der Waals surface area (Å²) in [6, 6.07) is 8.68. The van der Waals surface area contributed by atoms with E-state index in [-0.39, 0.29) is 17.9 Å². The van der Waals surface area contributed by atoms with E-state index in [2.05, 4.69) is 32.6 Å². The number of carbonyl (C=O) groups is 2. The molecule has 0 radical (unpaired) electrons. The third-order valence-electron chi connectivity index (χ3n) is 6.78. The third kappa shape index (κ3) is 4.90. The second-order valence-electron chi connectivity index (χ2n) is 8.63. The first kappa shape index (κ1) is 20.2. The van der Waals surface area contributed by atoms with Gasteiger partial charge in [0.25, 0.3) is 0 Å². The number of nitrogens with one attached hydrogen (secondary N) is 2. The lowest BCUT2D eigenvalue weighted by atomic mass is 9.93. The normalized spacial score (nSPS) is 25.1. The van der Waals surface area contributed by atoms with Crippen molar-refractivity contribution in [1.82, 2.24) is 10.2 Å². The van der Waals surface area contributed by atoms with Crippen molar-refractivity contribution in [2.75, 3.05) is 42.9 Å². The highest BCUT2D eigenvalue weighted by Gasteiger charge is 2.28. The number of carbonyl (C=O) groups excluding carboxylic acids is 2. The third-order valence-corrected chi connectivity index (χ3v) is 6.78. The van der Waals surface area contributed by atoms with Crippen molar-refractivity contribution in [3.8, 4) is 0 Å². The summed E-state index contributed by atoms with van der Waals surface area (Å²) in [7, 11) is 0. The molecule has 29 heavy (non-hydrogen) atoms. The summed E-state index contributed by atoms with van der Waals surface area (Å²) in [5, 5.41) is 5.63. The van der Waals surface area contributed by atoms with Crippen LogP contribution in [0, 0.1) is 5.92 Å². The molecule has 1 aromatic rings. The van der Waals surface area contributed by atoms with Gasteiger partial charge in [-0.05, 0) is 81.9 Å². The van der Waals surface area contributed by atoms with Crippen molar-refractivity contribution < 1.29 is 9.59 Å². The number of benzene rings is 1. The molecule has 0 saturated carbocycles. The molecule has 0 aromatic heterocycles. The predicted octanol–water partition coefficient (Wildman–Crippen LogP) is 1.54. The maximum Gasteiger partial charge on any atom is 0.249 e. The van der Waals surface area contributed by atoms with Crippen LogP contribution in [-0.2, 0) is 9.59 Å². The van der Waals surface area contributed by atoms with Gasteiger partial charge in [0.05, 0.1) is 0 Å². The van der Waals surface area contributed by atoms with Crippen LogP contribution in [-0.4, -0.2) is 61.5 Å². The van der Waals surface area contributed by atoms with Gasteiger partial charge >= 0.3 is 0 Å². The number of hydrogen-bond donors (Lipinski definition) is 3. The Bertz CT molecular complexity index is 706. The van der Waals surface area contributed by atoms with Crippen LogP contribution in [0.4, 0.5) is 11.4 Å². The molecule has 158 valence electrons. The second kappa shape index (κ2) is 9.13. The van der Waals surface area contributed by atoms with E-state index in [0.29, 0.717) is 18.9 Å². The Labute approximate surface area is 173 Å². The molecule has 4 rings (SSSR count). The van der Waals surface area contributed by atoms with Gasteiger partial charge in [0.2, 0.25) is 11.8 Å². The maximum absolute atomic E-state index is 11.9. The lowest BCUT2D eigenvalue weighted by Crippen LogP contribution is -2.48. The van der Waals surface area contributed by atoms with E-state index >= 15 is 0 Å². The quantitative estimate of drug-likeness (QED) is 0.651. The first-order valence-corrected chi connectivity index (χ1v) is 11.0. The molecule has 7 heteroatoms. The molecular formula is C22H33N5O2. The van der Waals surface area contributed by atoms with Gasteiger partial charge in [0.15, 0.2) is 0 Å². The minimum Gasteiger partial charge on any atom is -0.374 e. The van der Waals surface area contributed by atoms with Gasteiger partial charge in [-0.25, -0.2) is 0 Å². The zero-order chi connectivity index (χ0) is 20.2. The Morgan fingerprint density at radius 1 is 0.966 bits per heavy atom. The number of imide groups is 1. The van der Waals surface area contributed by atoms with E-state index in [0.717, 1.165) is 31.2 Å². The number of likely N-dealkylation sites (tertiary alicyclic amines) is 1. The van der Waals surface area contributed by atoms with E-state index in [4.69, 9.17) is 5.73 Å². The van der Waals surface area contributed by atoms with Crippen LogP contribution in [0.2, 0.25) is 0 Å². The van der Waals surface area contributed by atoms with Crippen LogP contribution in [0.3, 0.4) is 0 Å². The summed E-state index contributed by atoms with van der Waals surface area (Å²) in [5.41, 5.74) is 7.97. The van der Waals surface area contributed by atoms with Gasteiger partial charge in [-0.2, -0.15) is 0 Å². The summed E-state index contributed by atoms with van der Waals surface area (Å²) >= 11 is 0. The summed E-state index contributed by atoms with van der Waals surface area (Å²) in [6.07, 6.45) is 5.85. The van der Waals surface area contributed by atoms with Crippen molar-refractivity contribution in [3.05, 3.63) is 24.3 Å². The minimum absolute atomic E-state index is 0.185. The van der Waals surface area contributed by atoms with Crippen LogP contribution < -0.4 is 21.3 Å². The van der Waals surface area contributed by atoms with Gasteiger partial charge in [-0.3, -0.25) is 14.9 Å². The van der Waals surface area contributed by atoms with Gasteiger partial charge in [0.1, 0.15) is 6.04 Å². The zero-order valence-electron chi connectivity index (χ0n) is 17.1. The number of nitrogens with two attached hydrogens (primary N) is 1. The van der Waals surface area contributed by atoms with E-state index in [9.17, 15) is 9.59 Å². The first-order valence-electron chi connectivity index (χ1n) is 11.0. The topological polar surface area (TPSA) is 90.7 Å². The summed E-state index contributed by atoms with van der Waals surface area (Å²) in [6.45, 7) is 5.41. The molecule has 1 aromatic carbocycles. The molecule has 3 saturated heterocycles. The Kier molecular flexibility index (Phi) is 6.35. The van der Waals surface area contributed by atoms with Crippen molar-refractivity contribution in [2.24, 2.45) is 11.7 Å². The largest absolute Gasteiger partial charge is 0.374 e. The second-order valence-corrected chi connectivity index (χ2v) is 8.63. The predicted molar refractivity (Wildman–Crippen MR) is 115 cm³/mol. The molecule has 0 bridgehead atoms. The molecule has 0 spiro atoms. The standard InChI is InChI=1S/C22H33N5O2/c23-15-16-7-11-26(12-8-16)19-9-13-27(14-10-19)18-3-1-17(2-4-18)24-20-5-6-21(28)25-22(20)29/h1-4,16,19-20,24H,5-15,23H2,(H,25,28,29). The fraction of sp³-hybridized carbons (Fsp3) is 0.636. The van der Waals surface area contributed by atoms with Crippen molar-refractivity contribution in [1.29, 1.82) is 0 Å². The van der Waals surface area contributed by atoms with Gasteiger partial charge in [-0.1, -0.05) is 0 Å². The number of amides is 2. The minimum atomic E-state index is -0.335. The molecule has 3 aliphatic rings. The molecule has 2 amide bonds. The Morgan fingerprint density at radius 2 is 1.66 bits per heavy atom. The van der Waals surface area contributed by atoms with E-state index in [1.165, 1.54) is 44.5 Å². The number of hydrogen-bond acceptors (Lipinski definition) is 6. The first-order chi connectivity index (χ1) is 14.1. The molecule has 0 aliphatic carbocycles. The lowest BCUT2D eigenvalue weighted by Gasteiger charge is -2.42. The number of piperidine rings is 3. The SMILES string of the molecule is NCC1CCN(C2CCN(c3ccc(NC4CCC(=O)NC4=O)cc3)CC2)CC1. The highest BCUT2D eigenvalue weighted by molar-refractivity contribution is 6.01. The molecule has 3 heterocycles. The van der Waals surface area contributed by atoms with E-state index in [1.807, 2.05) is 12.1 Å². The molecule has 7 nitrogen and oxygen atoms in total. The molecule has 1 unspecified atom stereocenters. The Hall–Kier alpha value is -2.12. The van der Waals surface area contributed by atoms with Gasteiger partial charge in [-0.15, -0.1) is 0 Å². The monoisotopic (exact) mass is 399 g/mol. The van der Waals surface area contributed by atoms with Crippen LogP contribution in [0.15, 0.2) is 24.3 Å².